The molecular formula is C36H49N5O8. The maximum absolute atomic E-state index is 13.8. The van der Waals surface area contributed by atoms with Crippen molar-refractivity contribution in [1.82, 2.24) is 21.3 Å². The van der Waals surface area contributed by atoms with Crippen molar-refractivity contribution in [2.24, 2.45) is 17.6 Å². The Morgan fingerprint density at radius 2 is 1.33 bits per heavy atom. The number of amides is 5. The first kappa shape index (κ1) is 40.0. The van der Waals surface area contributed by atoms with Gasteiger partial charge in [0, 0.05) is 25.0 Å². The van der Waals surface area contributed by atoms with Crippen LogP contribution in [-0.2, 0) is 46.5 Å². The number of alkyl carbamates (subject to hydrolysis) is 1. The van der Waals surface area contributed by atoms with Crippen LogP contribution in [0.5, 0.6) is 0 Å². The van der Waals surface area contributed by atoms with Crippen molar-refractivity contribution in [2.75, 3.05) is 7.11 Å². The number of benzene rings is 2. The molecule has 0 saturated heterocycles. The lowest BCUT2D eigenvalue weighted by molar-refractivity contribution is -0.135. The SMILES string of the molecule is COC(=O)/C=C/[C@H](CCC(N)=O)NC(=O)[C@H](Cc1ccccc1)NC(=O)[C@H](CC(C)C)NC(=O)[C@@H](NC(=O)OCc1ccccc1)C(C)C. The highest BCUT2D eigenvalue weighted by atomic mass is 16.5. The van der Waals surface area contributed by atoms with E-state index in [4.69, 9.17) is 10.5 Å². The summed E-state index contributed by atoms with van der Waals surface area (Å²) >= 11 is 0. The number of carbonyl (C=O) groups excluding carboxylic acids is 6. The van der Waals surface area contributed by atoms with Gasteiger partial charge in [0.2, 0.25) is 23.6 Å². The number of esters is 1. The molecule has 0 unspecified atom stereocenters. The number of nitrogens with two attached hydrogens (primary N) is 1. The second kappa shape index (κ2) is 20.9. The van der Waals surface area contributed by atoms with Gasteiger partial charge in [-0.2, -0.15) is 0 Å². The molecule has 0 aliphatic heterocycles. The lowest BCUT2D eigenvalue weighted by Gasteiger charge is -2.28. The summed E-state index contributed by atoms with van der Waals surface area (Å²) in [5.74, 6) is -3.40. The molecule has 5 amide bonds. The van der Waals surface area contributed by atoms with E-state index in [0.717, 1.165) is 17.2 Å². The van der Waals surface area contributed by atoms with E-state index in [1.54, 1.807) is 50.2 Å². The minimum atomic E-state index is -1.10. The molecule has 0 saturated carbocycles. The fourth-order valence-electron chi connectivity index (χ4n) is 4.78. The highest BCUT2D eigenvalue weighted by Crippen LogP contribution is 2.11. The van der Waals surface area contributed by atoms with E-state index in [1.165, 1.54) is 13.2 Å². The summed E-state index contributed by atoms with van der Waals surface area (Å²) in [5.41, 5.74) is 6.85. The van der Waals surface area contributed by atoms with Crippen LogP contribution < -0.4 is 27.0 Å². The standard InChI is InChI=1S/C36H49N5O8/c1-23(2)20-28(40-35(46)32(24(3)4)41-36(47)49-22-26-14-10-7-11-15-26)34(45)39-29(21-25-12-8-6-9-13-25)33(44)38-27(16-18-30(37)42)17-19-31(43)48-5/h6-15,17,19,23-24,27-29,32H,16,18,20-22H2,1-5H3,(H2,37,42)(H,38,44)(H,39,45)(H,40,46)(H,41,47)/b19-17+/t27-,28-,29-,32-/m0/s1. The topological polar surface area (TPSA) is 195 Å². The summed E-state index contributed by atoms with van der Waals surface area (Å²) in [6.07, 6.45) is 2.11. The fraction of sp³-hybridized carbons (Fsp3) is 0.444. The molecule has 266 valence electrons. The number of hydrogen-bond acceptors (Lipinski definition) is 8. The molecular weight excluding hydrogens is 630 g/mol. The van der Waals surface area contributed by atoms with Gasteiger partial charge in [-0.3, -0.25) is 19.2 Å². The fourth-order valence-corrected chi connectivity index (χ4v) is 4.78. The first-order valence-electron chi connectivity index (χ1n) is 16.3. The highest BCUT2D eigenvalue weighted by Gasteiger charge is 2.32. The number of rotatable bonds is 19. The van der Waals surface area contributed by atoms with Crippen molar-refractivity contribution < 1.29 is 38.2 Å². The Kier molecular flexibility index (Phi) is 17.1. The molecule has 13 nitrogen and oxygen atoms in total. The molecule has 2 aromatic carbocycles. The van der Waals surface area contributed by atoms with Crippen LogP contribution in [0, 0.1) is 11.8 Å². The van der Waals surface area contributed by atoms with Crippen molar-refractivity contribution in [3.63, 3.8) is 0 Å². The normalized spacial score (nSPS) is 13.5. The van der Waals surface area contributed by atoms with Crippen LogP contribution in [-0.4, -0.2) is 67.0 Å². The zero-order chi connectivity index (χ0) is 36.3. The Bertz CT molecular complexity index is 1420. The van der Waals surface area contributed by atoms with Gasteiger partial charge in [-0.05, 0) is 35.8 Å². The van der Waals surface area contributed by atoms with E-state index in [2.05, 4.69) is 26.0 Å². The van der Waals surface area contributed by atoms with Crippen LogP contribution in [0.3, 0.4) is 0 Å². The van der Waals surface area contributed by atoms with Crippen LogP contribution in [0.25, 0.3) is 0 Å². The Balaban J connectivity index is 2.24. The van der Waals surface area contributed by atoms with Gasteiger partial charge in [-0.15, -0.1) is 0 Å². The molecule has 0 aliphatic carbocycles. The van der Waals surface area contributed by atoms with E-state index >= 15 is 0 Å². The molecule has 2 rings (SSSR count). The molecule has 0 fully saturated rings. The second-order valence-electron chi connectivity index (χ2n) is 12.4. The summed E-state index contributed by atoms with van der Waals surface area (Å²) in [6, 6.07) is 14.2. The molecule has 13 heteroatoms. The number of nitrogens with one attached hydrogen (secondary N) is 4. The van der Waals surface area contributed by atoms with Gasteiger partial charge in [0.1, 0.15) is 24.7 Å². The minimum Gasteiger partial charge on any atom is -0.466 e. The van der Waals surface area contributed by atoms with Crippen LogP contribution in [0.15, 0.2) is 72.8 Å². The summed E-state index contributed by atoms with van der Waals surface area (Å²) in [4.78, 5) is 76.7. The van der Waals surface area contributed by atoms with E-state index in [1.807, 2.05) is 38.1 Å². The summed E-state index contributed by atoms with van der Waals surface area (Å²) in [7, 11) is 1.21. The number of methoxy groups -OCH3 is 1. The summed E-state index contributed by atoms with van der Waals surface area (Å²) in [5, 5.41) is 10.9. The first-order chi connectivity index (χ1) is 23.3. The van der Waals surface area contributed by atoms with Crippen molar-refractivity contribution in [2.45, 2.75) is 84.2 Å². The minimum absolute atomic E-state index is 0.0181. The zero-order valence-corrected chi connectivity index (χ0v) is 28.8. The third-order valence-corrected chi connectivity index (χ3v) is 7.39. The van der Waals surface area contributed by atoms with Crippen LogP contribution in [0.1, 0.15) is 58.1 Å². The smallest absolute Gasteiger partial charge is 0.408 e. The average Bonchev–Trinajstić information content (AvgIpc) is 3.06. The summed E-state index contributed by atoms with van der Waals surface area (Å²) < 4.78 is 9.93. The Hall–Kier alpha value is -5.20. The Morgan fingerprint density at radius 3 is 1.88 bits per heavy atom. The van der Waals surface area contributed by atoms with Crippen molar-refractivity contribution >= 4 is 35.7 Å². The molecule has 2 aromatic rings. The van der Waals surface area contributed by atoms with Crippen molar-refractivity contribution in [1.29, 1.82) is 0 Å². The van der Waals surface area contributed by atoms with Gasteiger partial charge in [0.15, 0.2) is 0 Å². The number of hydrogen-bond donors (Lipinski definition) is 5. The summed E-state index contributed by atoms with van der Waals surface area (Å²) in [6.45, 7) is 7.29. The van der Waals surface area contributed by atoms with E-state index < -0.39 is 59.9 Å². The third-order valence-electron chi connectivity index (χ3n) is 7.39. The maximum atomic E-state index is 13.8. The predicted octanol–water partition coefficient (Wildman–Crippen LogP) is 2.68. The number of ether oxygens (including phenoxy) is 2. The molecule has 0 bridgehead atoms. The molecule has 0 radical (unpaired) electrons. The van der Waals surface area contributed by atoms with Gasteiger partial charge in [0.05, 0.1) is 7.11 Å². The third kappa shape index (κ3) is 15.5. The number of carbonyl (C=O) groups is 6. The highest BCUT2D eigenvalue weighted by molar-refractivity contribution is 5.94. The van der Waals surface area contributed by atoms with Crippen LogP contribution >= 0.6 is 0 Å². The Labute approximate surface area is 287 Å². The van der Waals surface area contributed by atoms with Crippen LogP contribution in [0.4, 0.5) is 4.79 Å². The molecule has 0 aliphatic rings. The van der Waals surface area contributed by atoms with E-state index in [0.29, 0.717) is 0 Å². The van der Waals surface area contributed by atoms with Gasteiger partial charge >= 0.3 is 12.1 Å². The Morgan fingerprint density at radius 1 is 0.755 bits per heavy atom. The molecule has 0 heterocycles. The lowest BCUT2D eigenvalue weighted by Crippen LogP contribution is -2.58. The van der Waals surface area contributed by atoms with Gasteiger partial charge in [-0.1, -0.05) is 94.4 Å². The van der Waals surface area contributed by atoms with Gasteiger partial charge in [-0.25, -0.2) is 9.59 Å². The zero-order valence-electron chi connectivity index (χ0n) is 28.8. The average molecular weight is 680 g/mol. The van der Waals surface area contributed by atoms with E-state index in [-0.39, 0.29) is 44.1 Å². The van der Waals surface area contributed by atoms with E-state index in [9.17, 15) is 28.8 Å². The first-order valence-corrected chi connectivity index (χ1v) is 16.3. The van der Waals surface area contributed by atoms with Gasteiger partial charge < -0.3 is 36.5 Å². The molecule has 49 heavy (non-hydrogen) atoms. The quantitative estimate of drug-likeness (QED) is 0.110. The molecule has 0 spiro atoms. The molecule has 4 atom stereocenters. The second-order valence-corrected chi connectivity index (χ2v) is 12.4. The molecule has 6 N–H and O–H groups in total. The lowest BCUT2D eigenvalue weighted by atomic mass is 9.99. The molecule has 0 aromatic heterocycles. The number of primary amides is 1. The maximum Gasteiger partial charge on any atom is 0.408 e. The monoisotopic (exact) mass is 679 g/mol. The van der Waals surface area contributed by atoms with Gasteiger partial charge in [0.25, 0.3) is 0 Å². The largest absolute Gasteiger partial charge is 0.466 e. The predicted molar refractivity (Wildman–Crippen MR) is 183 cm³/mol. The van der Waals surface area contributed by atoms with Crippen LogP contribution in [0.2, 0.25) is 0 Å². The van der Waals surface area contributed by atoms with Crippen molar-refractivity contribution in [3.8, 4) is 0 Å². The van der Waals surface area contributed by atoms with Crippen molar-refractivity contribution in [3.05, 3.63) is 83.9 Å².